The molecule has 0 saturated carbocycles. The summed E-state index contributed by atoms with van der Waals surface area (Å²) in [5.41, 5.74) is 3.31. The Kier molecular flexibility index (Phi) is 6.78. The van der Waals surface area contributed by atoms with Crippen molar-refractivity contribution in [1.82, 2.24) is 10.2 Å². The van der Waals surface area contributed by atoms with E-state index in [4.69, 9.17) is 5.11 Å². The zero-order chi connectivity index (χ0) is 22.6. The van der Waals surface area contributed by atoms with Gasteiger partial charge in [-0.2, -0.15) is 0 Å². The molecular formula is C25H30N2O4. The van der Waals surface area contributed by atoms with E-state index in [0.717, 1.165) is 5.56 Å². The predicted molar refractivity (Wildman–Crippen MR) is 119 cm³/mol. The first-order valence-corrected chi connectivity index (χ1v) is 10.6. The van der Waals surface area contributed by atoms with Gasteiger partial charge in [0, 0.05) is 30.8 Å². The fourth-order valence-electron chi connectivity index (χ4n) is 3.68. The van der Waals surface area contributed by atoms with E-state index in [1.165, 1.54) is 5.56 Å². The average molecular weight is 423 g/mol. The molecule has 6 nitrogen and oxygen atoms in total. The van der Waals surface area contributed by atoms with Gasteiger partial charge in [-0.15, -0.1) is 0 Å². The summed E-state index contributed by atoms with van der Waals surface area (Å²) >= 11 is 0. The molecule has 0 unspecified atom stereocenters. The molecule has 1 aliphatic rings. The number of carboxylic acids is 1. The molecule has 0 atom stereocenters. The summed E-state index contributed by atoms with van der Waals surface area (Å²) in [4.78, 5) is 37.8. The summed E-state index contributed by atoms with van der Waals surface area (Å²) in [7, 11) is 0. The van der Waals surface area contributed by atoms with Crippen LogP contribution in [0.1, 0.15) is 65.5 Å². The highest BCUT2D eigenvalue weighted by Crippen LogP contribution is 2.22. The molecular weight excluding hydrogens is 392 g/mol. The molecule has 1 fully saturated rings. The lowest BCUT2D eigenvalue weighted by molar-refractivity contribution is -0.143. The number of rotatable bonds is 5. The van der Waals surface area contributed by atoms with E-state index in [-0.39, 0.29) is 23.1 Å². The fraction of sp³-hybridized carbons (Fsp3) is 0.400. The van der Waals surface area contributed by atoms with Crippen LogP contribution >= 0.6 is 0 Å². The maximum atomic E-state index is 12.6. The molecule has 164 valence electrons. The zero-order valence-corrected chi connectivity index (χ0v) is 18.4. The highest BCUT2D eigenvalue weighted by atomic mass is 16.4. The monoisotopic (exact) mass is 422 g/mol. The normalized spacial score (nSPS) is 14.9. The largest absolute Gasteiger partial charge is 0.481 e. The molecule has 31 heavy (non-hydrogen) atoms. The first kappa shape index (κ1) is 22.5. The molecule has 0 aliphatic carbocycles. The van der Waals surface area contributed by atoms with Crippen LogP contribution in [0, 0.1) is 5.92 Å². The standard InChI is InChI=1S/C25H30N2O4/c1-25(2,3)21-10-8-18(9-11-21)22(28)26-16-17-4-6-19(7-5-17)23(29)27-14-12-20(13-15-27)24(30)31/h4-11,20H,12-16H2,1-3H3,(H,26,28)(H,30,31). The molecule has 2 N–H and O–H groups in total. The van der Waals surface area contributed by atoms with E-state index < -0.39 is 5.97 Å². The SMILES string of the molecule is CC(C)(C)c1ccc(C(=O)NCc2ccc(C(=O)N3CCC(C(=O)O)CC3)cc2)cc1. The lowest BCUT2D eigenvalue weighted by Crippen LogP contribution is -2.40. The van der Waals surface area contributed by atoms with Crippen LogP contribution in [0.4, 0.5) is 0 Å². The molecule has 0 radical (unpaired) electrons. The second kappa shape index (κ2) is 9.33. The van der Waals surface area contributed by atoms with Crippen molar-refractivity contribution in [2.24, 2.45) is 5.92 Å². The molecule has 0 spiro atoms. The van der Waals surface area contributed by atoms with Crippen LogP contribution in [0.2, 0.25) is 0 Å². The molecule has 0 bridgehead atoms. The molecule has 2 amide bonds. The van der Waals surface area contributed by atoms with Gasteiger partial charge in [0.2, 0.25) is 0 Å². The van der Waals surface area contributed by atoms with E-state index in [1.54, 1.807) is 17.0 Å². The number of carbonyl (C=O) groups is 3. The summed E-state index contributed by atoms with van der Waals surface area (Å²) in [5.74, 6) is -1.37. The first-order chi connectivity index (χ1) is 14.6. The molecule has 2 aromatic carbocycles. The number of amides is 2. The highest BCUT2D eigenvalue weighted by molar-refractivity contribution is 5.95. The average Bonchev–Trinajstić information content (AvgIpc) is 2.77. The maximum absolute atomic E-state index is 12.6. The summed E-state index contributed by atoms with van der Waals surface area (Å²) in [6, 6.07) is 14.8. The van der Waals surface area contributed by atoms with Crippen molar-refractivity contribution in [3.8, 4) is 0 Å². The molecule has 1 aliphatic heterocycles. The number of carboxylic acid groups (broad SMARTS) is 1. The molecule has 6 heteroatoms. The number of hydrogen-bond acceptors (Lipinski definition) is 3. The van der Waals surface area contributed by atoms with Crippen molar-refractivity contribution in [2.45, 2.75) is 45.6 Å². The summed E-state index contributed by atoms with van der Waals surface area (Å²) < 4.78 is 0. The lowest BCUT2D eigenvalue weighted by atomic mass is 9.87. The minimum atomic E-state index is -0.788. The van der Waals surface area contributed by atoms with E-state index in [0.29, 0.717) is 43.6 Å². The smallest absolute Gasteiger partial charge is 0.306 e. The minimum absolute atomic E-state index is 0.0420. The van der Waals surface area contributed by atoms with E-state index in [2.05, 4.69) is 26.1 Å². The van der Waals surface area contributed by atoms with Crippen molar-refractivity contribution < 1.29 is 19.5 Å². The van der Waals surface area contributed by atoms with Crippen molar-refractivity contribution >= 4 is 17.8 Å². The van der Waals surface area contributed by atoms with Crippen molar-refractivity contribution in [2.75, 3.05) is 13.1 Å². The maximum Gasteiger partial charge on any atom is 0.306 e. The van der Waals surface area contributed by atoms with E-state index in [1.807, 2.05) is 36.4 Å². The van der Waals surface area contributed by atoms with Crippen LogP contribution in [0.3, 0.4) is 0 Å². The molecule has 2 aromatic rings. The van der Waals surface area contributed by atoms with Crippen LogP contribution in [0.25, 0.3) is 0 Å². The second-order valence-corrected chi connectivity index (χ2v) is 9.11. The van der Waals surface area contributed by atoms with Gasteiger partial charge < -0.3 is 15.3 Å². The summed E-state index contributed by atoms with van der Waals surface area (Å²) in [6.45, 7) is 7.69. The third-order valence-electron chi connectivity index (χ3n) is 5.80. The third-order valence-corrected chi connectivity index (χ3v) is 5.80. The quantitative estimate of drug-likeness (QED) is 0.766. The highest BCUT2D eigenvalue weighted by Gasteiger charge is 2.27. The molecule has 1 saturated heterocycles. The van der Waals surface area contributed by atoms with Gasteiger partial charge in [0.1, 0.15) is 0 Å². The number of aliphatic carboxylic acids is 1. The van der Waals surface area contributed by atoms with Crippen LogP contribution in [-0.2, 0) is 16.8 Å². The van der Waals surface area contributed by atoms with E-state index >= 15 is 0 Å². The zero-order valence-electron chi connectivity index (χ0n) is 18.4. The summed E-state index contributed by atoms with van der Waals surface area (Å²) in [6.07, 6.45) is 0.976. The van der Waals surface area contributed by atoms with Gasteiger partial charge in [-0.1, -0.05) is 45.0 Å². The van der Waals surface area contributed by atoms with Gasteiger partial charge in [0.15, 0.2) is 0 Å². The van der Waals surface area contributed by atoms with Crippen molar-refractivity contribution in [3.05, 3.63) is 70.8 Å². The Morgan fingerprint density at radius 2 is 1.48 bits per heavy atom. The number of hydrogen-bond donors (Lipinski definition) is 2. The van der Waals surface area contributed by atoms with Gasteiger partial charge in [-0.25, -0.2) is 0 Å². The topological polar surface area (TPSA) is 86.7 Å². The number of nitrogens with zero attached hydrogens (tertiary/aromatic N) is 1. The number of nitrogens with one attached hydrogen (secondary N) is 1. The molecule has 3 rings (SSSR count). The van der Waals surface area contributed by atoms with Crippen molar-refractivity contribution in [1.29, 1.82) is 0 Å². The molecule has 0 aromatic heterocycles. The number of benzene rings is 2. The predicted octanol–water partition coefficient (Wildman–Crippen LogP) is 3.85. The number of likely N-dealkylation sites (tertiary alicyclic amines) is 1. The van der Waals surface area contributed by atoms with Gasteiger partial charge in [0.25, 0.3) is 11.8 Å². The van der Waals surface area contributed by atoms with Crippen LogP contribution < -0.4 is 5.32 Å². The Labute approximate surface area is 183 Å². The van der Waals surface area contributed by atoms with Crippen LogP contribution in [0.5, 0.6) is 0 Å². The van der Waals surface area contributed by atoms with Gasteiger partial charge in [0.05, 0.1) is 5.92 Å². The Hall–Kier alpha value is -3.15. The van der Waals surface area contributed by atoms with Crippen molar-refractivity contribution in [3.63, 3.8) is 0 Å². The Balaban J connectivity index is 1.53. The minimum Gasteiger partial charge on any atom is -0.481 e. The lowest BCUT2D eigenvalue weighted by Gasteiger charge is -2.30. The Bertz CT molecular complexity index is 935. The number of piperidine rings is 1. The molecule has 1 heterocycles. The van der Waals surface area contributed by atoms with E-state index in [9.17, 15) is 14.4 Å². The fourth-order valence-corrected chi connectivity index (χ4v) is 3.68. The van der Waals surface area contributed by atoms with Gasteiger partial charge in [-0.05, 0) is 53.6 Å². The number of carbonyl (C=O) groups excluding carboxylic acids is 2. The Morgan fingerprint density at radius 3 is 2.00 bits per heavy atom. The van der Waals surface area contributed by atoms with Crippen LogP contribution in [0.15, 0.2) is 48.5 Å². The van der Waals surface area contributed by atoms with Gasteiger partial charge in [-0.3, -0.25) is 14.4 Å². The third kappa shape index (κ3) is 5.72. The Morgan fingerprint density at radius 1 is 0.935 bits per heavy atom. The first-order valence-electron chi connectivity index (χ1n) is 10.6. The van der Waals surface area contributed by atoms with Crippen LogP contribution in [-0.4, -0.2) is 40.9 Å². The summed E-state index contributed by atoms with van der Waals surface area (Å²) in [5, 5.41) is 12.0. The second-order valence-electron chi connectivity index (χ2n) is 9.11. The van der Waals surface area contributed by atoms with Gasteiger partial charge >= 0.3 is 5.97 Å².